The lowest BCUT2D eigenvalue weighted by atomic mass is 10.1. The third kappa shape index (κ3) is 5.26. The number of nitrogens with zero attached hydrogens (tertiary/aromatic N) is 1. The third-order valence-corrected chi connectivity index (χ3v) is 4.63. The van der Waals surface area contributed by atoms with E-state index in [-0.39, 0.29) is 18.4 Å². The second-order valence-electron chi connectivity index (χ2n) is 7.09. The minimum atomic E-state index is -0.322. The summed E-state index contributed by atoms with van der Waals surface area (Å²) in [6.07, 6.45) is 0. The number of amides is 2. The lowest BCUT2D eigenvalue weighted by Crippen LogP contribution is -2.32. The normalized spacial score (nSPS) is 10.4. The molecular formula is C25H26N2O3. The van der Waals surface area contributed by atoms with Crippen molar-refractivity contribution in [3.05, 3.63) is 89.5 Å². The highest BCUT2D eigenvalue weighted by Crippen LogP contribution is 2.22. The summed E-state index contributed by atoms with van der Waals surface area (Å²) in [5.74, 6) is 0.153. The predicted molar refractivity (Wildman–Crippen MR) is 120 cm³/mol. The molecule has 1 N–H and O–H groups in total. The van der Waals surface area contributed by atoms with Crippen LogP contribution in [-0.2, 0) is 4.79 Å². The Kier molecular flexibility index (Phi) is 6.86. The molecule has 0 bridgehead atoms. The van der Waals surface area contributed by atoms with Crippen LogP contribution in [0.5, 0.6) is 5.75 Å². The zero-order chi connectivity index (χ0) is 21.5. The van der Waals surface area contributed by atoms with Crippen LogP contribution in [0.15, 0.2) is 72.8 Å². The number of anilines is 2. The summed E-state index contributed by atoms with van der Waals surface area (Å²) in [6.45, 7) is 6.26. The molecule has 154 valence electrons. The van der Waals surface area contributed by atoms with E-state index in [9.17, 15) is 9.59 Å². The van der Waals surface area contributed by atoms with Gasteiger partial charge in [-0.25, -0.2) is 0 Å². The molecule has 2 amide bonds. The molecule has 0 aliphatic carbocycles. The predicted octanol–water partition coefficient (Wildman–Crippen LogP) is 4.99. The van der Waals surface area contributed by atoms with Gasteiger partial charge in [-0.15, -0.1) is 0 Å². The molecule has 0 heterocycles. The van der Waals surface area contributed by atoms with Crippen LogP contribution in [0.3, 0.4) is 0 Å². The molecule has 0 atom stereocenters. The van der Waals surface area contributed by atoms with E-state index in [4.69, 9.17) is 4.74 Å². The molecule has 3 rings (SSSR count). The van der Waals surface area contributed by atoms with Crippen LogP contribution in [-0.4, -0.2) is 25.0 Å². The van der Waals surface area contributed by atoms with Crippen molar-refractivity contribution in [2.45, 2.75) is 20.8 Å². The van der Waals surface area contributed by atoms with Crippen LogP contribution in [0.25, 0.3) is 0 Å². The van der Waals surface area contributed by atoms with Crippen molar-refractivity contribution in [2.75, 3.05) is 23.4 Å². The summed E-state index contributed by atoms with van der Waals surface area (Å²) >= 11 is 0. The van der Waals surface area contributed by atoms with E-state index in [0.717, 1.165) is 16.8 Å². The van der Waals surface area contributed by atoms with E-state index in [1.165, 1.54) is 0 Å². The summed E-state index contributed by atoms with van der Waals surface area (Å²) in [5.41, 5.74) is 3.85. The smallest absolute Gasteiger partial charge is 0.262 e. The number of benzene rings is 3. The van der Waals surface area contributed by atoms with Gasteiger partial charge >= 0.3 is 0 Å². The molecule has 0 aliphatic rings. The van der Waals surface area contributed by atoms with E-state index in [0.29, 0.717) is 23.5 Å². The summed E-state index contributed by atoms with van der Waals surface area (Å²) in [5, 5.41) is 2.81. The first kappa shape index (κ1) is 21.1. The van der Waals surface area contributed by atoms with Crippen LogP contribution in [0, 0.1) is 13.8 Å². The molecule has 3 aromatic carbocycles. The van der Waals surface area contributed by atoms with Gasteiger partial charge in [0.15, 0.2) is 6.61 Å². The van der Waals surface area contributed by atoms with Crippen LogP contribution >= 0.6 is 0 Å². The second kappa shape index (κ2) is 9.74. The SMILES string of the molecule is CCN(C(=O)c1ccccc1NC(=O)COc1cc(C)cc(C)c1)c1ccccc1. The molecule has 0 radical (unpaired) electrons. The number of nitrogens with one attached hydrogen (secondary N) is 1. The molecule has 0 saturated carbocycles. The molecule has 0 fully saturated rings. The van der Waals surface area contributed by atoms with Crippen LogP contribution in [0.4, 0.5) is 11.4 Å². The number of aryl methyl sites for hydroxylation is 2. The van der Waals surface area contributed by atoms with Crippen molar-refractivity contribution >= 4 is 23.2 Å². The van der Waals surface area contributed by atoms with Crippen molar-refractivity contribution in [1.82, 2.24) is 0 Å². The monoisotopic (exact) mass is 402 g/mol. The van der Waals surface area contributed by atoms with Gasteiger partial charge in [-0.05, 0) is 68.3 Å². The van der Waals surface area contributed by atoms with Gasteiger partial charge < -0.3 is 15.0 Å². The fraction of sp³-hybridized carbons (Fsp3) is 0.200. The first-order chi connectivity index (χ1) is 14.5. The van der Waals surface area contributed by atoms with Crippen molar-refractivity contribution in [3.8, 4) is 5.75 Å². The van der Waals surface area contributed by atoms with Crippen LogP contribution in [0.2, 0.25) is 0 Å². The minimum absolute atomic E-state index is 0.137. The fourth-order valence-corrected chi connectivity index (χ4v) is 3.33. The van der Waals surface area contributed by atoms with Gasteiger partial charge in [0.05, 0.1) is 11.3 Å². The van der Waals surface area contributed by atoms with Gasteiger partial charge in [-0.3, -0.25) is 9.59 Å². The second-order valence-corrected chi connectivity index (χ2v) is 7.09. The summed E-state index contributed by atoms with van der Waals surface area (Å²) in [7, 11) is 0. The zero-order valence-electron chi connectivity index (χ0n) is 17.5. The molecule has 5 nitrogen and oxygen atoms in total. The zero-order valence-corrected chi connectivity index (χ0v) is 17.5. The van der Waals surface area contributed by atoms with E-state index in [2.05, 4.69) is 5.32 Å². The Labute approximate surface area is 177 Å². The topological polar surface area (TPSA) is 58.6 Å². The Morgan fingerprint density at radius 1 is 0.900 bits per heavy atom. The highest BCUT2D eigenvalue weighted by atomic mass is 16.5. The van der Waals surface area contributed by atoms with Gasteiger partial charge in [0.1, 0.15) is 5.75 Å². The van der Waals surface area contributed by atoms with E-state index < -0.39 is 0 Å². The average Bonchev–Trinajstić information content (AvgIpc) is 2.73. The maximum atomic E-state index is 13.2. The molecule has 3 aromatic rings. The lowest BCUT2D eigenvalue weighted by molar-refractivity contribution is -0.118. The largest absolute Gasteiger partial charge is 0.484 e. The standard InChI is InChI=1S/C25H26N2O3/c1-4-27(20-10-6-5-7-11-20)25(29)22-12-8-9-13-23(22)26-24(28)17-30-21-15-18(2)14-19(3)16-21/h5-16H,4,17H2,1-3H3,(H,26,28). The van der Waals surface area contributed by atoms with Gasteiger partial charge in [-0.2, -0.15) is 0 Å². The number of carbonyl (C=O) groups excluding carboxylic acids is 2. The highest BCUT2D eigenvalue weighted by molar-refractivity contribution is 6.11. The van der Waals surface area contributed by atoms with Crippen LogP contribution in [0.1, 0.15) is 28.4 Å². The van der Waals surface area contributed by atoms with E-state index in [1.807, 2.05) is 69.3 Å². The summed E-state index contributed by atoms with van der Waals surface area (Å²) in [6, 6.07) is 22.3. The van der Waals surface area contributed by atoms with Crippen LogP contribution < -0.4 is 15.0 Å². The highest BCUT2D eigenvalue weighted by Gasteiger charge is 2.20. The molecule has 0 spiro atoms. The minimum Gasteiger partial charge on any atom is -0.484 e. The molecule has 30 heavy (non-hydrogen) atoms. The summed E-state index contributed by atoms with van der Waals surface area (Å²) < 4.78 is 5.63. The maximum absolute atomic E-state index is 13.2. The average molecular weight is 402 g/mol. The molecule has 0 unspecified atom stereocenters. The first-order valence-electron chi connectivity index (χ1n) is 9.95. The maximum Gasteiger partial charge on any atom is 0.262 e. The fourth-order valence-electron chi connectivity index (χ4n) is 3.33. The van der Waals surface area contributed by atoms with E-state index in [1.54, 1.807) is 29.2 Å². The number of ether oxygens (including phenoxy) is 1. The Morgan fingerprint density at radius 2 is 1.53 bits per heavy atom. The Balaban J connectivity index is 1.73. The van der Waals surface area contributed by atoms with Gasteiger partial charge in [0.2, 0.25) is 0 Å². The number of hydrogen-bond donors (Lipinski definition) is 1. The first-order valence-corrected chi connectivity index (χ1v) is 9.95. The van der Waals surface area contributed by atoms with Crippen molar-refractivity contribution in [3.63, 3.8) is 0 Å². The molecule has 0 aromatic heterocycles. The number of rotatable bonds is 7. The van der Waals surface area contributed by atoms with Crippen molar-refractivity contribution < 1.29 is 14.3 Å². The van der Waals surface area contributed by atoms with E-state index >= 15 is 0 Å². The van der Waals surface area contributed by atoms with Gasteiger partial charge in [0.25, 0.3) is 11.8 Å². The number of para-hydroxylation sites is 2. The number of carbonyl (C=O) groups is 2. The Hall–Kier alpha value is -3.60. The number of hydrogen-bond acceptors (Lipinski definition) is 3. The summed E-state index contributed by atoms with van der Waals surface area (Å²) in [4.78, 5) is 27.3. The Bertz CT molecular complexity index is 1010. The Morgan fingerprint density at radius 3 is 2.20 bits per heavy atom. The van der Waals surface area contributed by atoms with Crippen molar-refractivity contribution in [1.29, 1.82) is 0 Å². The molecule has 5 heteroatoms. The molecule has 0 saturated heterocycles. The molecular weight excluding hydrogens is 376 g/mol. The van der Waals surface area contributed by atoms with Gasteiger partial charge in [-0.1, -0.05) is 36.4 Å². The van der Waals surface area contributed by atoms with Gasteiger partial charge in [0, 0.05) is 12.2 Å². The molecule has 0 aliphatic heterocycles. The lowest BCUT2D eigenvalue weighted by Gasteiger charge is -2.22. The van der Waals surface area contributed by atoms with Crippen molar-refractivity contribution in [2.24, 2.45) is 0 Å². The third-order valence-electron chi connectivity index (χ3n) is 4.63. The quantitative estimate of drug-likeness (QED) is 0.606.